The van der Waals surface area contributed by atoms with Crippen LogP contribution in [0.4, 0.5) is 5.82 Å². The molecule has 0 bridgehead atoms. The molecule has 0 amide bonds. The van der Waals surface area contributed by atoms with Crippen LogP contribution in [0.25, 0.3) is 5.65 Å². The molecule has 1 atom stereocenters. The van der Waals surface area contributed by atoms with Gasteiger partial charge in [-0.25, -0.2) is 4.98 Å². The molecule has 1 aliphatic heterocycles. The van der Waals surface area contributed by atoms with Crippen LogP contribution in [0, 0.1) is 6.92 Å². The van der Waals surface area contributed by atoms with Crippen LogP contribution in [0.2, 0.25) is 0 Å². The third-order valence-electron chi connectivity index (χ3n) is 3.92. The molecule has 19 heavy (non-hydrogen) atoms. The van der Waals surface area contributed by atoms with E-state index >= 15 is 0 Å². The lowest BCUT2D eigenvalue weighted by molar-refractivity contribution is 0.620. The van der Waals surface area contributed by atoms with E-state index in [-0.39, 0.29) is 0 Å². The monoisotopic (exact) mass is 257 g/mol. The minimum atomic E-state index is 0.399. The Morgan fingerprint density at radius 3 is 2.95 bits per heavy atom. The molecule has 5 heteroatoms. The summed E-state index contributed by atoms with van der Waals surface area (Å²) < 4.78 is 1.96. The maximum absolute atomic E-state index is 4.75. The molecule has 2 N–H and O–H groups in total. The number of fused-ring (bicyclic) bond motifs is 1. The highest BCUT2D eigenvalue weighted by Gasteiger charge is 2.24. The largest absolute Gasteiger partial charge is 0.367 e. The van der Waals surface area contributed by atoms with Crippen LogP contribution in [0.1, 0.15) is 43.1 Å². The van der Waals surface area contributed by atoms with Crippen molar-refractivity contribution in [1.82, 2.24) is 19.9 Å². The molecular weight excluding hydrogens is 238 g/mol. The summed E-state index contributed by atoms with van der Waals surface area (Å²) in [6.07, 6.45) is 4.94. The van der Waals surface area contributed by atoms with Crippen LogP contribution in [0.3, 0.4) is 0 Å². The van der Waals surface area contributed by atoms with E-state index in [0.717, 1.165) is 29.4 Å². The van der Waals surface area contributed by atoms with Crippen molar-refractivity contribution in [2.24, 2.45) is 0 Å². The summed E-state index contributed by atoms with van der Waals surface area (Å²) in [7, 11) is 0. The third-order valence-corrected chi connectivity index (χ3v) is 3.92. The Bertz CT molecular complexity index is 608. The van der Waals surface area contributed by atoms with Crippen LogP contribution < -0.4 is 10.6 Å². The van der Waals surface area contributed by atoms with Gasteiger partial charge in [-0.3, -0.25) is 0 Å². The van der Waals surface area contributed by atoms with Gasteiger partial charge in [0.05, 0.1) is 11.7 Å². The standard InChI is InChI=1S/C14H19N5/c1-9-7-13(17-10-4-5-10)19-14(16-9)8-12(18-19)11-3-2-6-15-11/h7-8,10-11,15,17H,2-6H2,1H3. The maximum Gasteiger partial charge on any atom is 0.157 e. The second-order valence-electron chi connectivity index (χ2n) is 5.69. The predicted molar refractivity (Wildman–Crippen MR) is 74.3 cm³/mol. The number of nitrogens with one attached hydrogen (secondary N) is 2. The van der Waals surface area contributed by atoms with Gasteiger partial charge in [-0.1, -0.05) is 0 Å². The van der Waals surface area contributed by atoms with Crippen molar-refractivity contribution in [3.05, 3.63) is 23.5 Å². The van der Waals surface area contributed by atoms with Crippen molar-refractivity contribution in [2.75, 3.05) is 11.9 Å². The molecule has 1 unspecified atom stereocenters. The highest BCUT2D eigenvalue weighted by molar-refractivity contribution is 5.51. The van der Waals surface area contributed by atoms with Gasteiger partial charge in [-0.15, -0.1) is 0 Å². The predicted octanol–water partition coefficient (Wildman–Crippen LogP) is 2.04. The van der Waals surface area contributed by atoms with Crippen molar-refractivity contribution in [3.8, 4) is 0 Å². The fourth-order valence-corrected chi connectivity index (χ4v) is 2.76. The molecule has 100 valence electrons. The van der Waals surface area contributed by atoms with E-state index in [4.69, 9.17) is 5.10 Å². The molecule has 0 aromatic carbocycles. The number of anilines is 1. The molecule has 1 saturated carbocycles. The van der Waals surface area contributed by atoms with Gasteiger partial charge in [-0.05, 0) is 39.2 Å². The van der Waals surface area contributed by atoms with Gasteiger partial charge in [-0.2, -0.15) is 9.61 Å². The van der Waals surface area contributed by atoms with Gasteiger partial charge in [0.2, 0.25) is 0 Å². The van der Waals surface area contributed by atoms with Gasteiger partial charge >= 0.3 is 0 Å². The highest BCUT2D eigenvalue weighted by Crippen LogP contribution is 2.27. The molecule has 2 aromatic rings. The van der Waals surface area contributed by atoms with Crippen molar-refractivity contribution in [1.29, 1.82) is 0 Å². The number of hydrogen-bond donors (Lipinski definition) is 2. The van der Waals surface area contributed by atoms with Gasteiger partial charge in [0.25, 0.3) is 0 Å². The first-order chi connectivity index (χ1) is 9.29. The van der Waals surface area contributed by atoms with E-state index in [2.05, 4.69) is 27.8 Å². The Balaban J connectivity index is 1.77. The minimum Gasteiger partial charge on any atom is -0.367 e. The van der Waals surface area contributed by atoms with Crippen LogP contribution in [0.5, 0.6) is 0 Å². The lowest BCUT2D eigenvalue weighted by atomic mass is 10.2. The van der Waals surface area contributed by atoms with E-state index in [1.165, 1.54) is 25.7 Å². The van der Waals surface area contributed by atoms with Gasteiger partial charge < -0.3 is 10.6 Å². The second kappa shape index (κ2) is 4.20. The first kappa shape index (κ1) is 11.2. The van der Waals surface area contributed by atoms with E-state index in [1.54, 1.807) is 0 Å². The van der Waals surface area contributed by atoms with Gasteiger partial charge in [0.15, 0.2) is 5.65 Å². The van der Waals surface area contributed by atoms with Crippen molar-refractivity contribution in [2.45, 2.75) is 44.7 Å². The molecule has 2 fully saturated rings. The SMILES string of the molecule is Cc1cc(NC2CC2)n2nc(C3CCCN3)cc2n1. The molecular formula is C14H19N5. The lowest BCUT2D eigenvalue weighted by Crippen LogP contribution is -2.13. The zero-order chi connectivity index (χ0) is 12.8. The Kier molecular flexibility index (Phi) is 2.48. The quantitative estimate of drug-likeness (QED) is 0.883. The number of aryl methyl sites for hydroxylation is 1. The normalized spacial score (nSPS) is 23.1. The van der Waals surface area contributed by atoms with E-state index < -0.39 is 0 Å². The maximum atomic E-state index is 4.75. The number of rotatable bonds is 3. The summed E-state index contributed by atoms with van der Waals surface area (Å²) in [6, 6.07) is 5.23. The molecule has 1 aliphatic carbocycles. The molecule has 5 nitrogen and oxygen atoms in total. The van der Waals surface area contributed by atoms with Crippen molar-refractivity contribution >= 4 is 11.5 Å². The Morgan fingerprint density at radius 2 is 2.21 bits per heavy atom. The minimum absolute atomic E-state index is 0.399. The topological polar surface area (TPSA) is 54.2 Å². The summed E-state index contributed by atoms with van der Waals surface area (Å²) in [5.74, 6) is 1.08. The summed E-state index contributed by atoms with van der Waals surface area (Å²) >= 11 is 0. The first-order valence-electron chi connectivity index (χ1n) is 7.17. The smallest absolute Gasteiger partial charge is 0.157 e. The average molecular weight is 257 g/mol. The third kappa shape index (κ3) is 2.08. The lowest BCUT2D eigenvalue weighted by Gasteiger charge is -2.08. The molecule has 2 aliphatic rings. The van der Waals surface area contributed by atoms with Gasteiger partial charge in [0, 0.05) is 23.9 Å². The van der Waals surface area contributed by atoms with Crippen LogP contribution in [-0.4, -0.2) is 27.2 Å². The van der Waals surface area contributed by atoms with Crippen molar-refractivity contribution < 1.29 is 0 Å². The number of aromatic nitrogens is 3. The van der Waals surface area contributed by atoms with Crippen LogP contribution in [0.15, 0.2) is 12.1 Å². The van der Waals surface area contributed by atoms with E-state index in [0.29, 0.717) is 12.1 Å². The van der Waals surface area contributed by atoms with Crippen molar-refractivity contribution in [3.63, 3.8) is 0 Å². The van der Waals surface area contributed by atoms with E-state index in [1.807, 2.05) is 11.4 Å². The second-order valence-corrected chi connectivity index (χ2v) is 5.69. The summed E-state index contributed by atoms with van der Waals surface area (Å²) in [5, 5.41) is 11.8. The van der Waals surface area contributed by atoms with Crippen LogP contribution in [-0.2, 0) is 0 Å². The molecule has 4 rings (SSSR count). The molecule has 0 spiro atoms. The summed E-state index contributed by atoms with van der Waals surface area (Å²) in [4.78, 5) is 4.59. The zero-order valence-electron chi connectivity index (χ0n) is 11.2. The fourth-order valence-electron chi connectivity index (χ4n) is 2.76. The summed E-state index contributed by atoms with van der Waals surface area (Å²) in [6.45, 7) is 3.14. The van der Waals surface area contributed by atoms with Gasteiger partial charge in [0.1, 0.15) is 5.82 Å². The molecule has 1 saturated heterocycles. The number of nitrogens with zero attached hydrogens (tertiary/aromatic N) is 3. The highest BCUT2D eigenvalue weighted by atomic mass is 15.3. The first-order valence-corrected chi connectivity index (χ1v) is 7.17. The Labute approximate surface area is 112 Å². The average Bonchev–Trinajstić information content (AvgIpc) is 2.92. The Hall–Kier alpha value is -1.62. The van der Waals surface area contributed by atoms with Crippen LogP contribution >= 0.6 is 0 Å². The fraction of sp³-hybridized carbons (Fsp3) is 0.571. The molecule has 3 heterocycles. The molecule has 0 radical (unpaired) electrons. The summed E-state index contributed by atoms with van der Waals surface area (Å²) in [5.41, 5.74) is 3.11. The molecule has 2 aromatic heterocycles. The zero-order valence-corrected chi connectivity index (χ0v) is 11.2. The van der Waals surface area contributed by atoms with E-state index in [9.17, 15) is 0 Å². The Morgan fingerprint density at radius 1 is 1.32 bits per heavy atom. The number of hydrogen-bond acceptors (Lipinski definition) is 4.